The first-order valence-corrected chi connectivity index (χ1v) is 8.97. The minimum absolute atomic E-state index is 0.0732. The van der Waals surface area contributed by atoms with Crippen LogP contribution in [-0.4, -0.2) is 16.7 Å². The van der Waals surface area contributed by atoms with Gasteiger partial charge in [-0.3, -0.25) is 9.69 Å². The van der Waals surface area contributed by atoms with Gasteiger partial charge in [0.25, 0.3) is 0 Å². The molecule has 0 bridgehead atoms. The summed E-state index contributed by atoms with van der Waals surface area (Å²) in [4.78, 5) is 26.2. The molecule has 0 unspecified atom stereocenters. The predicted molar refractivity (Wildman–Crippen MR) is 102 cm³/mol. The van der Waals surface area contributed by atoms with Crippen molar-refractivity contribution in [2.45, 2.75) is 26.3 Å². The fraction of sp³-hybridized carbons (Fsp3) is 0.200. The molecule has 26 heavy (non-hydrogen) atoms. The molecular weight excluding hydrogens is 399 g/mol. The molecule has 1 aliphatic heterocycles. The van der Waals surface area contributed by atoms with Crippen LogP contribution in [0.15, 0.2) is 53.1 Å². The molecular formula is C20H18BrFN2O2. The van der Waals surface area contributed by atoms with Gasteiger partial charge in [-0.25, -0.2) is 9.18 Å². The number of halogens is 2. The Morgan fingerprint density at radius 3 is 2.62 bits per heavy atom. The Morgan fingerprint density at radius 1 is 1.23 bits per heavy atom. The number of anilines is 1. The number of ketones is 1. The molecule has 0 saturated heterocycles. The summed E-state index contributed by atoms with van der Waals surface area (Å²) < 4.78 is 14.0. The first-order chi connectivity index (χ1) is 12.3. The van der Waals surface area contributed by atoms with Gasteiger partial charge in [0.15, 0.2) is 5.78 Å². The summed E-state index contributed by atoms with van der Waals surface area (Å²) in [6, 6.07) is 8.91. The van der Waals surface area contributed by atoms with Gasteiger partial charge >= 0.3 is 6.03 Å². The van der Waals surface area contributed by atoms with Crippen LogP contribution >= 0.6 is 15.9 Å². The van der Waals surface area contributed by atoms with Gasteiger partial charge in [0.05, 0.1) is 11.7 Å². The minimum Gasteiger partial charge on any atom is -0.306 e. The smallest absolute Gasteiger partial charge is 0.306 e. The summed E-state index contributed by atoms with van der Waals surface area (Å²) >= 11 is 3.50. The van der Waals surface area contributed by atoms with E-state index in [1.54, 1.807) is 12.1 Å². The minimum atomic E-state index is -0.474. The standard InChI is InChI=1S/C20H18BrFN2O2/c1-12-9-13(2)19(21)17(10-12)23-20(26)24-8-7-16(25)11-18(24)14-3-5-15(22)6-4-14/h3-10,18H,11H2,1-2H3,(H,23,26)/t18-/m0/s1. The maximum Gasteiger partial charge on any atom is 0.326 e. The summed E-state index contributed by atoms with van der Waals surface area (Å²) in [6.45, 7) is 3.91. The first-order valence-electron chi connectivity index (χ1n) is 8.17. The van der Waals surface area contributed by atoms with Gasteiger partial charge in [0, 0.05) is 17.1 Å². The molecule has 1 heterocycles. The van der Waals surface area contributed by atoms with Crippen molar-refractivity contribution in [3.8, 4) is 0 Å². The van der Waals surface area contributed by atoms with Crippen molar-refractivity contribution < 1.29 is 14.0 Å². The van der Waals surface area contributed by atoms with E-state index >= 15 is 0 Å². The molecule has 0 spiro atoms. The summed E-state index contributed by atoms with van der Waals surface area (Å²) in [6.07, 6.45) is 3.02. The van der Waals surface area contributed by atoms with E-state index in [2.05, 4.69) is 21.2 Å². The molecule has 0 aliphatic carbocycles. The van der Waals surface area contributed by atoms with Crippen molar-refractivity contribution in [1.82, 2.24) is 4.90 Å². The van der Waals surface area contributed by atoms with E-state index in [9.17, 15) is 14.0 Å². The second-order valence-corrected chi connectivity index (χ2v) is 7.13. The van der Waals surface area contributed by atoms with Gasteiger partial charge in [-0.1, -0.05) is 18.2 Å². The number of carbonyl (C=O) groups is 2. The molecule has 1 aliphatic rings. The van der Waals surface area contributed by atoms with Crippen molar-refractivity contribution in [2.75, 3.05) is 5.32 Å². The molecule has 0 aromatic heterocycles. The summed E-state index contributed by atoms with van der Waals surface area (Å²) in [5.41, 5.74) is 3.41. The number of allylic oxidation sites excluding steroid dienone is 1. The third-order valence-corrected chi connectivity index (χ3v) is 5.33. The number of urea groups is 1. The number of carbonyl (C=O) groups excluding carboxylic acids is 2. The average Bonchev–Trinajstić information content (AvgIpc) is 2.59. The zero-order chi connectivity index (χ0) is 18.8. The van der Waals surface area contributed by atoms with Gasteiger partial charge in [-0.2, -0.15) is 0 Å². The fourth-order valence-corrected chi connectivity index (χ4v) is 3.35. The summed E-state index contributed by atoms with van der Waals surface area (Å²) in [5.74, 6) is -0.433. The van der Waals surface area contributed by atoms with E-state index in [-0.39, 0.29) is 24.1 Å². The van der Waals surface area contributed by atoms with Gasteiger partial charge in [-0.05, 0) is 70.7 Å². The molecule has 0 radical (unpaired) electrons. The monoisotopic (exact) mass is 416 g/mol. The van der Waals surface area contributed by atoms with Crippen molar-refractivity contribution in [3.63, 3.8) is 0 Å². The van der Waals surface area contributed by atoms with Gasteiger partial charge in [0.2, 0.25) is 0 Å². The Kier molecular flexibility index (Phi) is 5.23. The molecule has 4 nitrogen and oxygen atoms in total. The number of aryl methyl sites for hydroxylation is 2. The van der Waals surface area contributed by atoms with E-state index in [0.29, 0.717) is 11.3 Å². The van der Waals surface area contributed by atoms with Gasteiger partial charge < -0.3 is 5.32 Å². The number of rotatable bonds is 2. The Morgan fingerprint density at radius 2 is 1.92 bits per heavy atom. The Labute approximate surface area is 159 Å². The summed E-state index contributed by atoms with van der Waals surface area (Å²) in [7, 11) is 0. The van der Waals surface area contributed by atoms with Crippen LogP contribution in [0.5, 0.6) is 0 Å². The average molecular weight is 417 g/mol. The van der Waals surface area contributed by atoms with Crippen LogP contribution in [0.2, 0.25) is 0 Å². The predicted octanol–water partition coefficient (Wildman–Crippen LogP) is 5.27. The number of nitrogens with one attached hydrogen (secondary N) is 1. The molecule has 2 aromatic rings. The lowest BCUT2D eigenvalue weighted by atomic mass is 9.97. The van der Waals surface area contributed by atoms with Crippen molar-refractivity contribution in [1.29, 1.82) is 0 Å². The quantitative estimate of drug-likeness (QED) is 0.724. The third-order valence-electron chi connectivity index (χ3n) is 4.28. The first kappa shape index (κ1) is 18.3. The Bertz CT molecular complexity index is 893. The fourth-order valence-electron chi connectivity index (χ4n) is 3.02. The highest BCUT2D eigenvalue weighted by molar-refractivity contribution is 9.10. The number of hydrogen-bond donors (Lipinski definition) is 1. The zero-order valence-corrected chi connectivity index (χ0v) is 16.0. The van der Waals surface area contributed by atoms with Crippen LogP contribution in [0.3, 0.4) is 0 Å². The van der Waals surface area contributed by atoms with Gasteiger partial charge in [0.1, 0.15) is 5.82 Å². The number of benzene rings is 2. The van der Waals surface area contributed by atoms with Crippen LogP contribution in [0.4, 0.5) is 14.9 Å². The second kappa shape index (κ2) is 7.41. The number of hydrogen-bond acceptors (Lipinski definition) is 2. The van der Waals surface area contributed by atoms with E-state index in [0.717, 1.165) is 15.6 Å². The number of amides is 2. The van der Waals surface area contributed by atoms with E-state index in [1.165, 1.54) is 29.3 Å². The Hall–Kier alpha value is -2.47. The largest absolute Gasteiger partial charge is 0.326 e. The maximum atomic E-state index is 13.2. The molecule has 0 fully saturated rings. The van der Waals surface area contributed by atoms with Crippen LogP contribution < -0.4 is 5.32 Å². The van der Waals surface area contributed by atoms with E-state index < -0.39 is 6.04 Å². The molecule has 2 aromatic carbocycles. The molecule has 2 amide bonds. The van der Waals surface area contributed by atoms with Gasteiger partial charge in [-0.15, -0.1) is 0 Å². The van der Waals surface area contributed by atoms with Crippen LogP contribution in [-0.2, 0) is 4.79 Å². The van der Waals surface area contributed by atoms with Crippen molar-refractivity contribution >= 4 is 33.4 Å². The SMILES string of the molecule is Cc1cc(C)c(Br)c(NC(=O)N2C=CC(=O)C[C@H]2c2ccc(F)cc2)c1. The van der Waals surface area contributed by atoms with Crippen LogP contribution in [0, 0.1) is 19.7 Å². The van der Waals surface area contributed by atoms with Crippen molar-refractivity contribution in [3.05, 3.63) is 75.7 Å². The van der Waals surface area contributed by atoms with E-state index in [4.69, 9.17) is 0 Å². The van der Waals surface area contributed by atoms with E-state index in [1.807, 2.05) is 26.0 Å². The Balaban J connectivity index is 1.90. The highest BCUT2D eigenvalue weighted by Crippen LogP contribution is 2.32. The topological polar surface area (TPSA) is 49.4 Å². The lowest BCUT2D eigenvalue weighted by molar-refractivity contribution is -0.116. The molecule has 0 saturated carbocycles. The number of nitrogens with zero attached hydrogens (tertiary/aromatic N) is 1. The van der Waals surface area contributed by atoms with Crippen LogP contribution in [0.25, 0.3) is 0 Å². The lowest BCUT2D eigenvalue weighted by Gasteiger charge is -2.31. The maximum absolute atomic E-state index is 13.2. The highest BCUT2D eigenvalue weighted by atomic mass is 79.9. The molecule has 3 rings (SSSR count). The molecule has 1 N–H and O–H groups in total. The molecule has 1 atom stereocenters. The highest BCUT2D eigenvalue weighted by Gasteiger charge is 2.29. The zero-order valence-electron chi connectivity index (χ0n) is 14.4. The molecule has 6 heteroatoms. The second-order valence-electron chi connectivity index (χ2n) is 6.33. The molecule has 134 valence electrons. The van der Waals surface area contributed by atoms with Crippen molar-refractivity contribution in [2.24, 2.45) is 0 Å². The normalized spacial score (nSPS) is 16.7. The summed E-state index contributed by atoms with van der Waals surface area (Å²) in [5, 5.41) is 2.89. The third kappa shape index (κ3) is 3.85. The lowest BCUT2D eigenvalue weighted by Crippen LogP contribution is -2.37. The van der Waals surface area contributed by atoms with Crippen LogP contribution in [0.1, 0.15) is 29.2 Å².